The smallest absolute Gasteiger partial charge is 0.311 e. The largest absolute Gasteiger partial charge is 0.481 e. The minimum Gasteiger partial charge on any atom is -0.481 e. The highest BCUT2D eigenvalue weighted by Crippen LogP contribution is 2.21. The lowest BCUT2D eigenvalue weighted by Crippen LogP contribution is -2.14. The van der Waals surface area contributed by atoms with Crippen molar-refractivity contribution < 1.29 is 9.90 Å². The minimum absolute atomic E-state index is 0.479. The zero-order chi connectivity index (χ0) is 13.0. The van der Waals surface area contributed by atoms with Gasteiger partial charge >= 0.3 is 5.97 Å². The zero-order valence-corrected chi connectivity index (χ0v) is 11.2. The number of halogens is 1. The third kappa shape index (κ3) is 3.17. The topological polar surface area (TPSA) is 50.2 Å². The molecule has 92 valence electrons. The molecule has 0 saturated carbocycles. The maximum atomic E-state index is 11.3. The SMILES string of the molecule is O=C(O)C(Cc1ccc(Br)cc1)c1ccncc1. The number of pyridine rings is 1. The van der Waals surface area contributed by atoms with Crippen molar-refractivity contribution in [1.82, 2.24) is 4.98 Å². The summed E-state index contributed by atoms with van der Waals surface area (Å²) in [6, 6.07) is 11.2. The Bertz CT molecular complexity index is 525. The average molecular weight is 306 g/mol. The van der Waals surface area contributed by atoms with Gasteiger partial charge in [-0.05, 0) is 41.8 Å². The lowest BCUT2D eigenvalue weighted by Gasteiger charge is -2.12. The minimum atomic E-state index is -0.816. The molecule has 0 spiro atoms. The van der Waals surface area contributed by atoms with Gasteiger partial charge in [0.25, 0.3) is 0 Å². The maximum absolute atomic E-state index is 11.3. The summed E-state index contributed by atoms with van der Waals surface area (Å²) in [6.07, 6.45) is 3.71. The van der Waals surface area contributed by atoms with E-state index >= 15 is 0 Å². The van der Waals surface area contributed by atoms with E-state index in [9.17, 15) is 9.90 Å². The fourth-order valence-electron chi connectivity index (χ4n) is 1.80. The van der Waals surface area contributed by atoms with Crippen LogP contribution in [0.2, 0.25) is 0 Å². The first-order chi connectivity index (χ1) is 8.66. The van der Waals surface area contributed by atoms with Gasteiger partial charge in [0.05, 0.1) is 5.92 Å². The summed E-state index contributed by atoms with van der Waals surface area (Å²) in [5.74, 6) is -1.35. The second-order valence-electron chi connectivity index (χ2n) is 4.00. The Balaban J connectivity index is 2.22. The highest BCUT2D eigenvalue weighted by Gasteiger charge is 2.19. The molecule has 1 heterocycles. The van der Waals surface area contributed by atoms with Gasteiger partial charge in [0.1, 0.15) is 0 Å². The van der Waals surface area contributed by atoms with E-state index in [4.69, 9.17) is 0 Å². The molecule has 0 aliphatic carbocycles. The number of benzene rings is 1. The molecule has 0 saturated heterocycles. The Kier molecular flexibility index (Phi) is 4.10. The molecule has 1 aromatic carbocycles. The number of rotatable bonds is 4. The second-order valence-corrected chi connectivity index (χ2v) is 4.92. The third-order valence-electron chi connectivity index (χ3n) is 2.76. The van der Waals surface area contributed by atoms with E-state index in [1.807, 2.05) is 24.3 Å². The summed E-state index contributed by atoms with van der Waals surface area (Å²) < 4.78 is 0.988. The number of aliphatic carboxylic acids is 1. The van der Waals surface area contributed by atoms with Gasteiger partial charge in [-0.25, -0.2) is 0 Å². The Morgan fingerprint density at radius 2 is 1.78 bits per heavy atom. The van der Waals surface area contributed by atoms with E-state index in [2.05, 4.69) is 20.9 Å². The van der Waals surface area contributed by atoms with E-state index in [0.717, 1.165) is 15.6 Å². The summed E-state index contributed by atoms with van der Waals surface area (Å²) >= 11 is 3.36. The van der Waals surface area contributed by atoms with Crippen LogP contribution < -0.4 is 0 Å². The van der Waals surface area contributed by atoms with Gasteiger partial charge in [0.2, 0.25) is 0 Å². The Hall–Kier alpha value is -1.68. The molecule has 1 aromatic heterocycles. The van der Waals surface area contributed by atoms with E-state index in [-0.39, 0.29) is 0 Å². The second kappa shape index (κ2) is 5.78. The highest BCUT2D eigenvalue weighted by molar-refractivity contribution is 9.10. The molecule has 0 aliphatic rings. The van der Waals surface area contributed by atoms with Crippen molar-refractivity contribution in [2.75, 3.05) is 0 Å². The standard InChI is InChI=1S/C14H12BrNO2/c15-12-3-1-10(2-4-12)9-13(14(17)18)11-5-7-16-8-6-11/h1-8,13H,9H2,(H,17,18). The van der Waals surface area contributed by atoms with Crippen LogP contribution in [0, 0.1) is 0 Å². The lowest BCUT2D eigenvalue weighted by atomic mass is 9.93. The molecule has 2 rings (SSSR count). The molecule has 1 atom stereocenters. The van der Waals surface area contributed by atoms with Crippen LogP contribution in [0.15, 0.2) is 53.3 Å². The summed E-state index contributed by atoms with van der Waals surface area (Å²) in [5.41, 5.74) is 1.78. The van der Waals surface area contributed by atoms with E-state index < -0.39 is 11.9 Å². The molecule has 1 N–H and O–H groups in total. The quantitative estimate of drug-likeness (QED) is 0.943. The summed E-state index contributed by atoms with van der Waals surface area (Å²) in [7, 11) is 0. The van der Waals surface area contributed by atoms with Gasteiger partial charge in [0.15, 0.2) is 0 Å². The summed E-state index contributed by atoms with van der Waals surface area (Å²) in [5, 5.41) is 9.31. The normalized spacial score (nSPS) is 12.1. The number of carbonyl (C=O) groups is 1. The van der Waals surface area contributed by atoms with Crippen molar-refractivity contribution in [1.29, 1.82) is 0 Å². The first kappa shape index (κ1) is 12.8. The number of carboxylic acid groups (broad SMARTS) is 1. The van der Waals surface area contributed by atoms with Crippen molar-refractivity contribution >= 4 is 21.9 Å². The Morgan fingerprint density at radius 3 is 2.33 bits per heavy atom. The molecule has 18 heavy (non-hydrogen) atoms. The molecule has 0 amide bonds. The van der Waals surface area contributed by atoms with E-state index in [1.54, 1.807) is 24.5 Å². The molecule has 3 nitrogen and oxygen atoms in total. The van der Waals surface area contributed by atoms with Crippen LogP contribution in [0.5, 0.6) is 0 Å². The molecule has 0 aliphatic heterocycles. The first-order valence-corrected chi connectivity index (χ1v) is 6.33. The molecule has 4 heteroatoms. The van der Waals surface area contributed by atoms with Crippen LogP contribution in [0.1, 0.15) is 17.0 Å². The van der Waals surface area contributed by atoms with Crippen LogP contribution in [0.4, 0.5) is 0 Å². The Morgan fingerprint density at radius 1 is 1.17 bits per heavy atom. The van der Waals surface area contributed by atoms with Crippen molar-refractivity contribution in [3.63, 3.8) is 0 Å². The van der Waals surface area contributed by atoms with Crippen molar-refractivity contribution in [3.8, 4) is 0 Å². The Labute approximate surface area is 114 Å². The maximum Gasteiger partial charge on any atom is 0.311 e. The fraction of sp³-hybridized carbons (Fsp3) is 0.143. The van der Waals surface area contributed by atoms with Gasteiger partial charge in [0, 0.05) is 16.9 Å². The van der Waals surface area contributed by atoms with Gasteiger partial charge in [-0.2, -0.15) is 0 Å². The fourth-order valence-corrected chi connectivity index (χ4v) is 2.06. The van der Waals surface area contributed by atoms with Gasteiger partial charge in [-0.15, -0.1) is 0 Å². The predicted molar refractivity (Wildman–Crippen MR) is 72.5 cm³/mol. The first-order valence-electron chi connectivity index (χ1n) is 5.54. The van der Waals surface area contributed by atoms with Crippen molar-refractivity contribution in [2.45, 2.75) is 12.3 Å². The predicted octanol–water partition coefficient (Wildman–Crippen LogP) is 3.26. The summed E-state index contributed by atoms with van der Waals surface area (Å²) in [6.45, 7) is 0. The number of carboxylic acids is 1. The van der Waals surface area contributed by atoms with Crippen LogP contribution in [-0.4, -0.2) is 16.1 Å². The number of hydrogen-bond acceptors (Lipinski definition) is 2. The molecule has 0 bridgehead atoms. The van der Waals surface area contributed by atoms with Crippen molar-refractivity contribution in [3.05, 3.63) is 64.4 Å². The third-order valence-corrected chi connectivity index (χ3v) is 3.29. The number of nitrogens with zero attached hydrogens (tertiary/aromatic N) is 1. The number of aromatic nitrogens is 1. The van der Waals surface area contributed by atoms with Gasteiger partial charge in [-0.1, -0.05) is 28.1 Å². The average Bonchev–Trinajstić information content (AvgIpc) is 2.38. The van der Waals surface area contributed by atoms with E-state index in [0.29, 0.717) is 6.42 Å². The van der Waals surface area contributed by atoms with Gasteiger partial charge in [-0.3, -0.25) is 9.78 Å². The van der Waals surface area contributed by atoms with Crippen molar-refractivity contribution in [2.24, 2.45) is 0 Å². The van der Waals surface area contributed by atoms with E-state index in [1.165, 1.54) is 0 Å². The van der Waals surface area contributed by atoms with Crippen LogP contribution in [-0.2, 0) is 11.2 Å². The molecule has 2 aromatic rings. The van der Waals surface area contributed by atoms with Crippen LogP contribution in [0.3, 0.4) is 0 Å². The monoisotopic (exact) mass is 305 g/mol. The molecule has 0 radical (unpaired) electrons. The molecular formula is C14H12BrNO2. The lowest BCUT2D eigenvalue weighted by molar-refractivity contribution is -0.138. The summed E-state index contributed by atoms with van der Waals surface area (Å²) in [4.78, 5) is 15.2. The molecule has 0 fully saturated rings. The van der Waals surface area contributed by atoms with Gasteiger partial charge < -0.3 is 5.11 Å². The zero-order valence-electron chi connectivity index (χ0n) is 9.58. The van der Waals surface area contributed by atoms with Crippen LogP contribution >= 0.6 is 15.9 Å². The molecule has 1 unspecified atom stereocenters. The molecular weight excluding hydrogens is 294 g/mol. The van der Waals surface area contributed by atoms with Crippen LogP contribution in [0.25, 0.3) is 0 Å². The highest BCUT2D eigenvalue weighted by atomic mass is 79.9. The number of hydrogen-bond donors (Lipinski definition) is 1.